The summed E-state index contributed by atoms with van der Waals surface area (Å²) in [5, 5.41) is 18.4. The van der Waals surface area contributed by atoms with E-state index in [0.29, 0.717) is 18.0 Å². The Bertz CT molecular complexity index is 368. The minimum atomic E-state index is -0.888. The lowest BCUT2D eigenvalue weighted by Crippen LogP contribution is -2.35. The predicted molar refractivity (Wildman–Crippen MR) is 63.9 cm³/mol. The molecule has 90 valence electrons. The van der Waals surface area contributed by atoms with Crippen molar-refractivity contribution in [3.05, 3.63) is 21.9 Å². The predicted octanol–water partition coefficient (Wildman–Crippen LogP) is 1.65. The van der Waals surface area contributed by atoms with Crippen LogP contribution in [0.1, 0.15) is 28.4 Å². The summed E-state index contributed by atoms with van der Waals surface area (Å²) in [4.78, 5) is 14.0. The molecule has 0 radical (unpaired) electrons. The number of hydrogen-bond acceptors (Lipinski definition) is 4. The van der Waals surface area contributed by atoms with E-state index in [1.807, 2.05) is 18.0 Å². The SMILES string of the molecule is CN(Cc1ccc(C(=O)O)s1)CC(C)(C)O. The smallest absolute Gasteiger partial charge is 0.345 e. The first kappa shape index (κ1) is 13.2. The molecule has 0 aliphatic heterocycles. The molecule has 1 heterocycles. The number of carbonyl (C=O) groups is 1. The Morgan fingerprint density at radius 2 is 2.12 bits per heavy atom. The summed E-state index contributed by atoms with van der Waals surface area (Å²) in [5.41, 5.74) is -0.734. The standard InChI is InChI=1S/C11H17NO3S/c1-11(2,15)7-12(3)6-8-4-5-9(16-8)10(13)14/h4-5,15H,6-7H2,1-3H3,(H,13,14). The molecule has 4 nitrogen and oxygen atoms in total. The molecular formula is C11H17NO3S. The van der Waals surface area contributed by atoms with Crippen LogP contribution in [0.25, 0.3) is 0 Å². The first-order valence-corrected chi connectivity index (χ1v) is 5.82. The van der Waals surface area contributed by atoms with Gasteiger partial charge in [0, 0.05) is 18.0 Å². The molecule has 16 heavy (non-hydrogen) atoms. The molecule has 0 fully saturated rings. The van der Waals surface area contributed by atoms with Gasteiger partial charge in [0.25, 0.3) is 0 Å². The fraction of sp³-hybridized carbons (Fsp3) is 0.545. The van der Waals surface area contributed by atoms with Gasteiger partial charge in [-0.3, -0.25) is 4.90 Å². The molecule has 1 aromatic rings. The number of carboxylic acid groups (broad SMARTS) is 1. The zero-order valence-electron chi connectivity index (χ0n) is 9.73. The van der Waals surface area contributed by atoms with Gasteiger partial charge in [-0.15, -0.1) is 11.3 Å². The third kappa shape index (κ3) is 4.30. The Morgan fingerprint density at radius 1 is 1.50 bits per heavy atom. The molecule has 0 spiro atoms. The van der Waals surface area contributed by atoms with Crippen molar-refractivity contribution in [3.8, 4) is 0 Å². The van der Waals surface area contributed by atoms with Crippen LogP contribution in [0.3, 0.4) is 0 Å². The van der Waals surface area contributed by atoms with Crippen LogP contribution in [-0.2, 0) is 6.54 Å². The summed E-state index contributed by atoms with van der Waals surface area (Å²) in [7, 11) is 1.90. The normalized spacial score (nSPS) is 12.1. The Kier molecular flexibility index (Phi) is 4.07. The molecule has 0 amide bonds. The van der Waals surface area contributed by atoms with Crippen LogP contribution in [0, 0.1) is 0 Å². The van der Waals surface area contributed by atoms with Crippen molar-refractivity contribution in [3.63, 3.8) is 0 Å². The van der Waals surface area contributed by atoms with Crippen LogP contribution < -0.4 is 0 Å². The first-order valence-electron chi connectivity index (χ1n) is 5.01. The van der Waals surface area contributed by atoms with E-state index < -0.39 is 11.6 Å². The molecule has 0 aliphatic rings. The summed E-state index contributed by atoms with van der Waals surface area (Å²) in [6.45, 7) is 4.70. The molecule has 0 bridgehead atoms. The molecule has 1 rings (SSSR count). The van der Waals surface area contributed by atoms with E-state index in [2.05, 4.69) is 0 Å². The van der Waals surface area contributed by atoms with Gasteiger partial charge < -0.3 is 10.2 Å². The zero-order valence-corrected chi connectivity index (χ0v) is 10.5. The van der Waals surface area contributed by atoms with Crippen LogP contribution in [0.4, 0.5) is 0 Å². The number of carboxylic acids is 1. The molecule has 1 aromatic heterocycles. The van der Waals surface area contributed by atoms with Crippen molar-refractivity contribution in [1.82, 2.24) is 4.90 Å². The quantitative estimate of drug-likeness (QED) is 0.825. The van der Waals surface area contributed by atoms with Crippen LogP contribution >= 0.6 is 11.3 Å². The monoisotopic (exact) mass is 243 g/mol. The summed E-state index contributed by atoms with van der Waals surface area (Å²) in [5.74, 6) is -0.888. The van der Waals surface area contributed by atoms with Crippen LogP contribution in [0.5, 0.6) is 0 Å². The Hall–Kier alpha value is -0.910. The number of thiophene rings is 1. The minimum Gasteiger partial charge on any atom is -0.477 e. The third-order valence-corrected chi connectivity index (χ3v) is 3.01. The fourth-order valence-corrected chi connectivity index (χ4v) is 2.49. The lowest BCUT2D eigenvalue weighted by Gasteiger charge is -2.24. The molecule has 5 heteroatoms. The van der Waals surface area contributed by atoms with E-state index in [0.717, 1.165) is 4.88 Å². The van der Waals surface area contributed by atoms with Gasteiger partial charge in [-0.2, -0.15) is 0 Å². The molecule has 0 unspecified atom stereocenters. The lowest BCUT2D eigenvalue weighted by molar-refractivity contribution is 0.0427. The van der Waals surface area contributed by atoms with Gasteiger partial charge in [0.2, 0.25) is 0 Å². The highest BCUT2D eigenvalue weighted by Gasteiger charge is 2.16. The van der Waals surface area contributed by atoms with Gasteiger partial charge >= 0.3 is 5.97 Å². The van der Waals surface area contributed by atoms with Gasteiger partial charge in [0.1, 0.15) is 4.88 Å². The van der Waals surface area contributed by atoms with Gasteiger partial charge in [0.05, 0.1) is 5.60 Å². The van der Waals surface area contributed by atoms with E-state index in [-0.39, 0.29) is 0 Å². The van der Waals surface area contributed by atoms with Crippen molar-refractivity contribution >= 4 is 17.3 Å². The van der Waals surface area contributed by atoms with Crippen molar-refractivity contribution in [2.75, 3.05) is 13.6 Å². The maximum atomic E-state index is 10.7. The molecule has 2 N–H and O–H groups in total. The van der Waals surface area contributed by atoms with Crippen molar-refractivity contribution < 1.29 is 15.0 Å². The summed E-state index contributed by atoms with van der Waals surface area (Å²) >= 11 is 1.27. The third-order valence-electron chi connectivity index (χ3n) is 1.96. The number of rotatable bonds is 5. The number of likely N-dealkylation sites (N-methyl/N-ethyl adjacent to an activating group) is 1. The van der Waals surface area contributed by atoms with E-state index >= 15 is 0 Å². The number of hydrogen-bond donors (Lipinski definition) is 2. The van der Waals surface area contributed by atoms with Crippen LogP contribution in [0.15, 0.2) is 12.1 Å². The maximum absolute atomic E-state index is 10.7. The van der Waals surface area contributed by atoms with Gasteiger partial charge in [-0.1, -0.05) is 0 Å². The summed E-state index contributed by atoms with van der Waals surface area (Å²) < 4.78 is 0. The van der Waals surface area contributed by atoms with Gasteiger partial charge in [-0.05, 0) is 33.0 Å². The molecule has 0 atom stereocenters. The maximum Gasteiger partial charge on any atom is 0.345 e. The largest absolute Gasteiger partial charge is 0.477 e. The van der Waals surface area contributed by atoms with Crippen molar-refractivity contribution in [1.29, 1.82) is 0 Å². The highest BCUT2D eigenvalue weighted by atomic mass is 32.1. The number of aromatic carboxylic acids is 1. The van der Waals surface area contributed by atoms with Crippen molar-refractivity contribution in [2.24, 2.45) is 0 Å². The average molecular weight is 243 g/mol. The highest BCUT2D eigenvalue weighted by Crippen LogP contribution is 2.18. The minimum absolute atomic E-state index is 0.353. The van der Waals surface area contributed by atoms with Gasteiger partial charge in [0.15, 0.2) is 0 Å². The van der Waals surface area contributed by atoms with E-state index in [9.17, 15) is 9.90 Å². The Labute approximate surface area is 99.1 Å². The Balaban J connectivity index is 2.56. The second kappa shape index (κ2) is 4.95. The molecule has 0 aliphatic carbocycles. The van der Waals surface area contributed by atoms with Gasteiger partial charge in [-0.25, -0.2) is 4.79 Å². The Morgan fingerprint density at radius 3 is 2.56 bits per heavy atom. The number of aliphatic hydroxyl groups is 1. The molecule has 0 aromatic carbocycles. The van der Waals surface area contributed by atoms with E-state index in [4.69, 9.17) is 5.11 Å². The van der Waals surface area contributed by atoms with E-state index in [1.165, 1.54) is 11.3 Å². The lowest BCUT2D eigenvalue weighted by atomic mass is 10.1. The first-order chi connectivity index (χ1) is 7.28. The van der Waals surface area contributed by atoms with Crippen LogP contribution in [-0.4, -0.2) is 40.3 Å². The molecule has 0 saturated carbocycles. The van der Waals surface area contributed by atoms with E-state index in [1.54, 1.807) is 19.9 Å². The van der Waals surface area contributed by atoms with Crippen LogP contribution in [0.2, 0.25) is 0 Å². The second-order valence-corrected chi connectivity index (χ2v) is 5.72. The molecular weight excluding hydrogens is 226 g/mol. The van der Waals surface area contributed by atoms with Crippen molar-refractivity contribution in [2.45, 2.75) is 26.0 Å². The second-order valence-electron chi connectivity index (χ2n) is 4.56. The highest BCUT2D eigenvalue weighted by molar-refractivity contribution is 7.13. The molecule has 0 saturated heterocycles. The summed E-state index contributed by atoms with van der Waals surface area (Å²) in [6.07, 6.45) is 0. The fourth-order valence-electron chi connectivity index (χ4n) is 1.56. The summed E-state index contributed by atoms with van der Waals surface area (Å²) in [6, 6.07) is 3.43. The zero-order chi connectivity index (χ0) is 12.3. The average Bonchev–Trinajstić information content (AvgIpc) is 2.48. The topological polar surface area (TPSA) is 60.8 Å². The number of nitrogens with zero attached hydrogens (tertiary/aromatic N) is 1.